The van der Waals surface area contributed by atoms with Gasteiger partial charge in [-0.1, -0.05) is 23.7 Å². The van der Waals surface area contributed by atoms with Crippen molar-refractivity contribution in [2.24, 2.45) is 0 Å². The van der Waals surface area contributed by atoms with Gasteiger partial charge in [0.25, 0.3) is 5.91 Å². The monoisotopic (exact) mass is 381 g/mol. The maximum atomic E-state index is 12.6. The Bertz CT molecular complexity index is 1060. The Morgan fingerprint density at radius 1 is 1.08 bits per heavy atom. The van der Waals surface area contributed by atoms with Crippen LogP contribution in [-0.2, 0) is 0 Å². The van der Waals surface area contributed by atoms with Crippen molar-refractivity contribution >= 4 is 34.0 Å². The summed E-state index contributed by atoms with van der Waals surface area (Å²) in [5.74, 6) is -0.301. The number of anilines is 1. The lowest BCUT2D eigenvalue weighted by atomic mass is 10.3. The Kier molecular flexibility index (Phi) is 4.47. The Morgan fingerprint density at radius 2 is 2.00 bits per heavy atom. The van der Waals surface area contributed by atoms with E-state index in [4.69, 9.17) is 11.6 Å². The normalized spacial score (nSPS) is 10.7. The first-order valence-electron chi connectivity index (χ1n) is 7.69. The van der Waals surface area contributed by atoms with Crippen molar-refractivity contribution in [3.8, 4) is 17.1 Å². The molecule has 8 heteroatoms. The number of benzene rings is 1. The van der Waals surface area contributed by atoms with Crippen LogP contribution >= 0.6 is 22.9 Å². The molecule has 0 saturated heterocycles. The summed E-state index contributed by atoms with van der Waals surface area (Å²) in [5.41, 5.74) is 2.57. The molecule has 6 nitrogen and oxygen atoms in total. The van der Waals surface area contributed by atoms with Crippen LogP contribution in [-0.4, -0.2) is 25.7 Å². The number of aromatic nitrogens is 4. The summed E-state index contributed by atoms with van der Waals surface area (Å²) in [6.07, 6.45) is 3.27. The molecule has 3 aromatic heterocycles. The van der Waals surface area contributed by atoms with Gasteiger partial charge in [-0.3, -0.25) is 15.1 Å². The highest BCUT2D eigenvalue weighted by molar-refractivity contribution is 7.14. The van der Waals surface area contributed by atoms with Gasteiger partial charge in [0.2, 0.25) is 0 Å². The molecule has 0 saturated carbocycles. The number of halogens is 1. The first-order valence-corrected chi connectivity index (χ1v) is 8.95. The van der Waals surface area contributed by atoms with Gasteiger partial charge in [0.1, 0.15) is 11.4 Å². The van der Waals surface area contributed by atoms with Gasteiger partial charge in [-0.2, -0.15) is 5.10 Å². The van der Waals surface area contributed by atoms with Gasteiger partial charge in [0.15, 0.2) is 5.13 Å². The molecule has 0 aliphatic rings. The molecule has 0 atom stereocenters. The van der Waals surface area contributed by atoms with E-state index < -0.39 is 0 Å². The minimum Gasteiger partial charge on any atom is -0.296 e. The van der Waals surface area contributed by atoms with Crippen LogP contribution in [0.3, 0.4) is 0 Å². The largest absolute Gasteiger partial charge is 0.296 e. The minimum absolute atomic E-state index is 0.301. The van der Waals surface area contributed by atoms with E-state index in [2.05, 4.69) is 20.4 Å². The lowest BCUT2D eigenvalue weighted by molar-refractivity contribution is 0.101. The fourth-order valence-corrected chi connectivity index (χ4v) is 3.30. The van der Waals surface area contributed by atoms with Gasteiger partial charge < -0.3 is 0 Å². The van der Waals surface area contributed by atoms with E-state index in [-0.39, 0.29) is 5.91 Å². The molecule has 0 radical (unpaired) electrons. The zero-order chi connectivity index (χ0) is 17.9. The SMILES string of the molecule is O=C(Nc1nc(-c2ccccn2)cs1)c1ccnn1-c1cccc(Cl)c1. The van der Waals surface area contributed by atoms with E-state index in [0.29, 0.717) is 27.2 Å². The second kappa shape index (κ2) is 7.07. The fraction of sp³-hybridized carbons (Fsp3) is 0. The van der Waals surface area contributed by atoms with Gasteiger partial charge in [0, 0.05) is 16.6 Å². The smallest absolute Gasteiger partial charge is 0.276 e. The molecule has 3 heterocycles. The van der Waals surface area contributed by atoms with Crippen molar-refractivity contribution < 1.29 is 4.79 Å². The average molecular weight is 382 g/mol. The third kappa shape index (κ3) is 3.35. The number of pyridine rings is 1. The molecule has 1 aromatic carbocycles. The van der Waals surface area contributed by atoms with E-state index in [0.717, 1.165) is 5.69 Å². The van der Waals surface area contributed by atoms with Crippen LogP contribution in [0.5, 0.6) is 0 Å². The zero-order valence-corrected chi connectivity index (χ0v) is 14.9. The van der Waals surface area contributed by atoms with Crippen molar-refractivity contribution in [2.75, 3.05) is 5.32 Å². The molecule has 0 bridgehead atoms. The lowest BCUT2D eigenvalue weighted by Gasteiger charge is -2.07. The van der Waals surface area contributed by atoms with Gasteiger partial charge in [0.05, 0.1) is 17.6 Å². The quantitative estimate of drug-likeness (QED) is 0.572. The molecule has 0 spiro atoms. The number of hydrogen-bond donors (Lipinski definition) is 1. The molecule has 0 aliphatic carbocycles. The van der Waals surface area contributed by atoms with Crippen LogP contribution in [0.15, 0.2) is 66.3 Å². The van der Waals surface area contributed by atoms with Crippen molar-refractivity contribution in [2.45, 2.75) is 0 Å². The summed E-state index contributed by atoms with van der Waals surface area (Å²) in [6.45, 7) is 0. The first-order chi connectivity index (χ1) is 12.7. The summed E-state index contributed by atoms with van der Waals surface area (Å²) in [6, 6.07) is 14.4. The number of carbonyl (C=O) groups excluding carboxylic acids is 1. The molecule has 4 aromatic rings. The van der Waals surface area contributed by atoms with Crippen LogP contribution in [0.1, 0.15) is 10.5 Å². The van der Waals surface area contributed by atoms with Crippen LogP contribution < -0.4 is 5.32 Å². The van der Waals surface area contributed by atoms with Crippen molar-refractivity contribution in [3.63, 3.8) is 0 Å². The molecule has 128 valence electrons. The topological polar surface area (TPSA) is 72.7 Å². The van der Waals surface area contributed by atoms with Crippen LogP contribution in [0.2, 0.25) is 5.02 Å². The number of thiazole rings is 1. The van der Waals surface area contributed by atoms with Gasteiger partial charge in [-0.25, -0.2) is 9.67 Å². The van der Waals surface area contributed by atoms with E-state index >= 15 is 0 Å². The van der Waals surface area contributed by atoms with E-state index in [9.17, 15) is 4.79 Å². The van der Waals surface area contributed by atoms with Crippen molar-refractivity contribution in [1.29, 1.82) is 0 Å². The predicted octanol–water partition coefficient (Wildman–Crippen LogP) is 4.30. The Morgan fingerprint density at radius 3 is 2.81 bits per heavy atom. The molecule has 0 aliphatic heterocycles. The first kappa shape index (κ1) is 16.4. The number of carbonyl (C=O) groups is 1. The fourth-order valence-electron chi connectivity index (χ4n) is 2.41. The molecule has 1 amide bonds. The highest BCUT2D eigenvalue weighted by Gasteiger charge is 2.16. The molecule has 26 heavy (non-hydrogen) atoms. The molecule has 1 N–H and O–H groups in total. The Labute approximate surface area is 158 Å². The van der Waals surface area contributed by atoms with Gasteiger partial charge in [-0.15, -0.1) is 11.3 Å². The van der Waals surface area contributed by atoms with Crippen LogP contribution in [0.25, 0.3) is 17.1 Å². The molecule has 0 fully saturated rings. The summed E-state index contributed by atoms with van der Waals surface area (Å²) in [7, 11) is 0. The van der Waals surface area contributed by atoms with E-state index in [1.807, 2.05) is 29.6 Å². The maximum Gasteiger partial charge on any atom is 0.276 e. The third-order valence-corrected chi connectivity index (χ3v) is 4.57. The van der Waals surface area contributed by atoms with E-state index in [1.165, 1.54) is 16.0 Å². The standard InChI is InChI=1S/C18H12ClN5OS/c19-12-4-3-5-13(10-12)24-16(7-9-21-24)17(25)23-18-22-15(11-26-18)14-6-1-2-8-20-14/h1-11H,(H,22,23,25). The Hall–Kier alpha value is -3.03. The summed E-state index contributed by atoms with van der Waals surface area (Å²) < 4.78 is 1.54. The summed E-state index contributed by atoms with van der Waals surface area (Å²) in [5, 5.41) is 9.94. The number of nitrogens with zero attached hydrogens (tertiary/aromatic N) is 4. The summed E-state index contributed by atoms with van der Waals surface area (Å²) in [4.78, 5) is 21.3. The molecule has 0 unspecified atom stereocenters. The van der Waals surface area contributed by atoms with Gasteiger partial charge in [-0.05, 0) is 36.4 Å². The third-order valence-electron chi connectivity index (χ3n) is 3.58. The minimum atomic E-state index is -0.301. The number of amides is 1. The number of rotatable bonds is 4. The van der Waals surface area contributed by atoms with E-state index in [1.54, 1.807) is 36.7 Å². The highest BCUT2D eigenvalue weighted by Crippen LogP contribution is 2.24. The maximum absolute atomic E-state index is 12.6. The number of hydrogen-bond acceptors (Lipinski definition) is 5. The molecular weight excluding hydrogens is 370 g/mol. The second-order valence-corrected chi connectivity index (χ2v) is 6.61. The summed E-state index contributed by atoms with van der Waals surface area (Å²) >= 11 is 7.37. The van der Waals surface area contributed by atoms with Crippen molar-refractivity contribution in [1.82, 2.24) is 19.7 Å². The highest BCUT2D eigenvalue weighted by atomic mass is 35.5. The van der Waals surface area contributed by atoms with Crippen LogP contribution in [0, 0.1) is 0 Å². The average Bonchev–Trinajstić information content (AvgIpc) is 3.32. The zero-order valence-electron chi connectivity index (χ0n) is 13.3. The molecule has 4 rings (SSSR count). The van der Waals surface area contributed by atoms with Crippen LogP contribution in [0.4, 0.5) is 5.13 Å². The second-order valence-electron chi connectivity index (χ2n) is 5.32. The number of nitrogens with one attached hydrogen (secondary N) is 1. The van der Waals surface area contributed by atoms with Crippen molar-refractivity contribution in [3.05, 3.63) is 77.0 Å². The Balaban J connectivity index is 1.57. The lowest BCUT2D eigenvalue weighted by Crippen LogP contribution is -2.16. The van der Waals surface area contributed by atoms with Gasteiger partial charge >= 0.3 is 0 Å². The predicted molar refractivity (Wildman–Crippen MR) is 102 cm³/mol. The molecular formula is C18H12ClN5OS.